The van der Waals surface area contributed by atoms with Crippen molar-refractivity contribution in [1.29, 1.82) is 0 Å². The summed E-state index contributed by atoms with van der Waals surface area (Å²) < 4.78 is 24.9. The maximum atomic E-state index is 11.6. The highest BCUT2D eigenvalue weighted by molar-refractivity contribution is 7.82. The van der Waals surface area contributed by atoms with Gasteiger partial charge in [-0.1, -0.05) is 12.1 Å². The second-order valence-electron chi connectivity index (χ2n) is 4.26. The van der Waals surface area contributed by atoms with E-state index in [1.807, 2.05) is 0 Å². The maximum Gasteiger partial charge on any atom is 0.369 e. The normalized spacial score (nSPS) is 13.4. The van der Waals surface area contributed by atoms with Gasteiger partial charge in [0.15, 0.2) is 0 Å². The number of carbonyl (C=O) groups excluding carboxylic acids is 1. The lowest BCUT2D eigenvalue weighted by Crippen LogP contribution is -2.97. The molecule has 0 spiro atoms. The van der Waals surface area contributed by atoms with E-state index >= 15 is 0 Å². The number of carboxylic acids is 1. The topological polar surface area (TPSA) is 114 Å². The molecule has 3 N–H and O–H groups in total. The number of nitrogens with zero attached hydrogens (tertiary/aromatic N) is 1. The highest BCUT2D eigenvalue weighted by atomic mass is 32.2. The largest absolute Gasteiger partial charge is 0.544 e. The van der Waals surface area contributed by atoms with Crippen LogP contribution in [0.15, 0.2) is 24.3 Å². The highest BCUT2D eigenvalue weighted by Crippen LogP contribution is 2.10. The number of benzene rings is 1. The Labute approximate surface area is 111 Å². The molecule has 0 saturated carbocycles. The molecule has 0 saturated heterocycles. The lowest BCUT2D eigenvalue weighted by Gasteiger charge is -2.18. The minimum absolute atomic E-state index is 0.0182. The summed E-state index contributed by atoms with van der Waals surface area (Å²) in [5, 5.41) is 20.1. The summed E-state index contributed by atoms with van der Waals surface area (Å²) in [5.74, 6) is -1.41. The summed E-state index contributed by atoms with van der Waals surface area (Å²) in [6, 6.07) is 4.62. The van der Waals surface area contributed by atoms with Crippen molar-refractivity contribution in [1.82, 2.24) is 4.31 Å². The molecule has 7 nitrogen and oxygen atoms in total. The molecule has 1 rings (SSSR count). The molecule has 1 aromatic rings. The van der Waals surface area contributed by atoms with Crippen molar-refractivity contribution in [2.75, 3.05) is 14.1 Å². The second kappa shape index (κ2) is 6.00. The van der Waals surface area contributed by atoms with E-state index in [1.165, 1.54) is 38.4 Å². The fourth-order valence-electron chi connectivity index (χ4n) is 1.40. The third kappa shape index (κ3) is 4.51. The Bertz CT molecular complexity index is 539. The van der Waals surface area contributed by atoms with Crippen molar-refractivity contribution in [2.45, 2.75) is 12.5 Å². The Morgan fingerprint density at radius 1 is 1.37 bits per heavy atom. The highest BCUT2D eigenvalue weighted by Gasteiger charge is 2.25. The van der Waals surface area contributed by atoms with E-state index in [0.29, 0.717) is 5.56 Å². The molecular weight excluding hydrogens is 272 g/mol. The second-order valence-corrected chi connectivity index (χ2v) is 6.29. The molecule has 106 valence electrons. The molecule has 0 amide bonds. The molecule has 0 radical (unpaired) electrons. The first kappa shape index (κ1) is 15.4. The average Bonchev–Trinajstić information content (AvgIpc) is 2.30. The number of aromatic hydroxyl groups is 1. The van der Waals surface area contributed by atoms with E-state index in [0.717, 1.165) is 9.03 Å². The van der Waals surface area contributed by atoms with Crippen LogP contribution >= 0.6 is 0 Å². The van der Waals surface area contributed by atoms with Crippen molar-refractivity contribution in [3.63, 3.8) is 0 Å². The predicted octanol–water partition coefficient (Wildman–Crippen LogP) is -2.58. The van der Waals surface area contributed by atoms with Crippen LogP contribution in [0.1, 0.15) is 5.56 Å². The van der Waals surface area contributed by atoms with E-state index in [1.54, 1.807) is 0 Å². The number of phenols is 1. The van der Waals surface area contributed by atoms with Crippen LogP contribution in [0.2, 0.25) is 0 Å². The molecule has 0 aromatic heterocycles. The van der Waals surface area contributed by atoms with Crippen molar-refractivity contribution >= 4 is 16.2 Å². The summed E-state index contributed by atoms with van der Waals surface area (Å²) in [4.78, 5) is 11.0. The van der Waals surface area contributed by atoms with E-state index in [2.05, 4.69) is 0 Å². The smallest absolute Gasteiger partial charge is 0.369 e. The lowest BCUT2D eigenvalue weighted by molar-refractivity contribution is -0.543. The lowest BCUT2D eigenvalue weighted by atomic mass is 10.1. The van der Waals surface area contributed by atoms with Gasteiger partial charge in [-0.2, -0.15) is 12.7 Å². The Morgan fingerprint density at radius 3 is 2.32 bits per heavy atom. The number of carboxylic acid groups (broad SMARTS) is 1. The molecule has 0 heterocycles. The predicted molar refractivity (Wildman–Crippen MR) is 65.1 cm³/mol. The minimum atomic E-state index is -3.73. The quantitative estimate of drug-likeness (QED) is 0.597. The van der Waals surface area contributed by atoms with Gasteiger partial charge in [0.1, 0.15) is 17.8 Å². The van der Waals surface area contributed by atoms with Gasteiger partial charge in [-0.15, -0.1) is 0 Å². The first-order valence-corrected chi connectivity index (χ1v) is 6.99. The Hall–Kier alpha value is -1.64. The van der Waals surface area contributed by atoms with Gasteiger partial charge in [-0.05, 0) is 17.7 Å². The number of hydrogen-bond donors (Lipinski definition) is 2. The first-order valence-electron chi connectivity index (χ1n) is 5.48. The van der Waals surface area contributed by atoms with Gasteiger partial charge in [0, 0.05) is 20.5 Å². The number of carbonyl (C=O) groups is 1. The summed E-state index contributed by atoms with van der Waals surface area (Å²) in [7, 11) is -1.10. The van der Waals surface area contributed by atoms with Crippen LogP contribution in [0.3, 0.4) is 0 Å². The molecule has 8 heteroatoms. The zero-order valence-electron chi connectivity index (χ0n) is 10.6. The third-order valence-corrected chi connectivity index (χ3v) is 4.23. The monoisotopic (exact) mass is 288 g/mol. The van der Waals surface area contributed by atoms with Gasteiger partial charge in [0.2, 0.25) is 0 Å². The fourth-order valence-corrected chi connectivity index (χ4v) is 2.27. The minimum Gasteiger partial charge on any atom is -0.544 e. The average molecular weight is 288 g/mol. The SMILES string of the molecule is CN(C)S(=O)(=O)[NH2+][C@@H](Cc1ccc(O)cc1)C(=O)[O-]. The van der Waals surface area contributed by atoms with Crippen LogP contribution in [0.4, 0.5) is 0 Å². The first-order chi connectivity index (χ1) is 8.72. The Balaban J connectivity index is 2.85. The van der Waals surface area contributed by atoms with Gasteiger partial charge in [-0.3, -0.25) is 0 Å². The van der Waals surface area contributed by atoms with Crippen LogP contribution in [0.25, 0.3) is 0 Å². The molecule has 1 aromatic carbocycles. The van der Waals surface area contributed by atoms with Crippen molar-refractivity contribution in [3.8, 4) is 5.75 Å². The van der Waals surface area contributed by atoms with E-state index in [4.69, 9.17) is 5.11 Å². The molecule has 19 heavy (non-hydrogen) atoms. The van der Waals surface area contributed by atoms with Crippen LogP contribution < -0.4 is 9.83 Å². The number of nitrogens with two attached hydrogens (primary N) is 1. The number of hydrogen-bond acceptors (Lipinski definition) is 5. The standard InChI is InChI=1S/C11H16N2O5S/c1-13(2)19(17,18)12-10(11(15)16)7-8-3-5-9(14)6-4-8/h3-6,10,12,14H,7H2,1-2H3,(H,15,16)/t10-/m0/s1. The molecule has 0 aliphatic carbocycles. The molecule has 0 bridgehead atoms. The number of phenolic OH excluding ortho intramolecular Hbond substituents is 1. The summed E-state index contributed by atoms with van der Waals surface area (Å²) in [5.41, 5.74) is 0.595. The number of aliphatic carboxylic acids is 1. The van der Waals surface area contributed by atoms with Gasteiger partial charge in [0.25, 0.3) is 0 Å². The van der Waals surface area contributed by atoms with E-state index in [-0.39, 0.29) is 12.2 Å². The van der Waals surface area contributed by atoms with Gasteiger partial charge >= 0.3 is 10.2 Å². The summed E-state index contributed by atoms with van der Waals surface area (Å²) >= 11 is 0. The van der Waals surface area contributed by atoms with Gasteiger partial charge < -0.3 is 15.0 Å². The molecule has 0 aliphatic heterocycles. The third-order valence-electron chi connectivity index (χ3n) is 2.54. The van der Waals surface area contributed by atoms with Crippen LogP contribution in [0.5, 0.6) is 5.75 Å². The van der Waals surface area contributed by atoms with Crippen LogP contribution in [0, 0.1) is 0 Å². The van der Waals surface area contributed by atoms with Crippen LogP contribution in [-0.4, -0.2) is 43.9 Å². The van der Waals surface area contributed by atoms with Crippen molar-refractivity contribution < 1.29 is 28.1 Å². The molecule has 1 atom stereocenters. The zero-order chi connectivity index (χ0) is 14.6. The summed E-state index contributed by atoms with van der Waals surface area (Å²) in [6.07, 6.45) is -0.0182. The van der Waals surface area contributed by atoms with E-state index < -0.39 is 22.2 Å². The molecule has 0 unspecified atom stereocenters. The zero-order valence-corrected chi connectivity index (χ0v) is 11.4. The van der Waals surface area contributed by atoms with Crippen LogP contribution in [-0.2, 0) is 21.4 Å². The van der Waals surface area contributed by atoms with Gasteiger partial charge in [0.05, 0.1) is 0 Å². The Morgan fingerprint density at radius 2 is 1.89 bits per heavy atom. The Kier molecular flexibility index (Phi) is 4.87. The van der Waals surface area contributed by atoms with Gasteiger partial charge in [-0.25, -0.2) is 4.72 Å². The fraction of sp³-hybridized carbons (Fsp3) is 0.364. The van der Waals surface area contributed by atoms with Crippen molar-refractivity contribution in [2.24, 2.45) is 0 Å². The number of rotatable bonds is 6. The molecule has 0 aliphatic rings. The van der Waals surface area contributed by atoms with Crippen molar-refractivity contribution in [3.05, 3.63) is 29.8 Å². The van der Waals surface area contributed by atoms with E-state index in [9.17, 15) is 18.3 Å². The molecule has 0 fully saturated rings. The maximum absolute atomic E-state index is 11.6. The summed E-state index contributed by atoms with van der Waals surface area (Å²) in [6.45, 7) is 0. The molecular formula is C11H16N2O5S. The number of quaternary nitrogens is 1.